The zero-order chi connectivity index (χ0) is 18.0. The number of ether oxygens (including phenoxy) is 1. The molecule has 0 aliphatic rings. The third-order valence-electron chi connectivity index (χ3n) is 3.66. The van der Waals surface area contributed by atoms with Crippen LogP contribution in [0, 0.1) is 0 Å². The molecule has 0 atom stereocenters. The van der Waals surface area contributed by atoms with E-state index < -0.39 is 21.0 Å². The highest BCUT2D eigenvalue weighted by molar-refractivity contribution is 7.85. The summed E-state index contributed by atoms with van der Waals surface area (Å²) < 4.78 is 39.1. The second kappa shape index (κ2) is 6.51. The zero-order valence-corrected chi connectivity index (χ0v) is 13.8. The van der Waals surface area contributed by atoms with Gasteiger partial charge >= 0.3 is 5.97 Å². The average molecular weight is 353 g/mol. The lowest BCUT2D eigenvalue weighted by molar-refractivity contribution is 0.0730. The van der Waals surface area contributed by atoms with Crippen molar-refractivity contribution in [2.24, 2.45) is 0 Å². The number of hydrogen-bond donors (Lipinski definition) is 0. The summed E-state index contributed by atoms with van der Waals surface area (Å²) in [7, 11) is -4.77. The normalized spacial score (nSPS) is 11.2. The Labute approximate surface area is 144 Å². The van der Waals surface area contributed by atoms with E-state index in [1.807, 2.05) is 18.2 Å². The lowest BCUT2D eigenvalue weighted by Gasteiger charge is -2.12. The van der Waals surface area contributed by atoms with Crippen molar-refractivity contribution >= 4 is 32.9 Å². The van der Waals surface area contributed by atoms with E-state index in [1.54, 1.807) is 24.3 Å². The van der Waals surface area contributed by atoms with Crippen LogP contribution in [0.1, 0.15) is 15.9 Å². The van der Waals surface area contributed by atoms with Gasteiger partial charge in [-0.3, -0.25) is 0 Å². The predicted molar refractivity (Wildman–Crippen MR) is 93.4 cm³/mol. The fraction of sp³-hybridized carbons (Fsp3) is 0. The predicted octanol–water partition coefficient (Wildman–Crippen LogP) is 3.61. The van der Waals surface area contributed by atoms with E-state index in [9.17, 15) is 17.8 Å². The molecule has 3 aromatic rings. The number of rotatable bonds is 4. The Kier molecular flexibility index (Phi) is 4.39. The molecule has 25 heavy (non-hydrogen) atoms. The monoisotopic (exact) mass is 353 g/mol. The highest BCUT2D eigenvalue weighted by Crippen LogP contribution is 2.24. The second-order valence-corrected chi connectivity index (χ2v) is 6.66. The number of carbonyl (C=O) groups excluding carboxylic acids is 1. The van der Waals surface area contributed by atoms with Crippen molar-refractivity contribution < 1.29 is 22.5 Å². The maximum Gasteiger partial charge on any atom is 0.344 e. The first-order valence-electron chi connectivity index (χ1n) is 7.32. The summed E-state index contributed by atoms with van der Waals surface area (Å²) in [5, 5.41) is 1.79. The maximum atomic E-state index is 12.3. The smallest absolute Gasteiger partial charge is 0.344 e. The van der Waals surface area contributed by atoms with E-state index in [-0.39, 0.29) is 11.3 Å². The summed E-state index contributed by atoms with van der Waals surface area (Å²) in [5.41, 5.74) is 0.673. The topological polar surface area (TPSA) is 83.5 Å². The van der Waals surface area contributed by atoms with Gasteiger partial charge in [-0.05, 0) is 46.7 Å². The van der Waals surface area contributed by atoms with Crippen LogP contribution >= 0.6 is 0 Å². The molecular formula is C19H13O5S-. The first kappa shape index (κ1) is 16.9. The van der Waals surface area contributed by atoms with Crippen molar-refractivity contribution in [2.75, 3.05) is 0 Å². The summed E-state index contributed by atoms with van der Waals surface area (Å²) in [6, 6.07) is 15.9. The van der Waals surface area contributed by atoms with Crippen molar-refractivity contribution in [3.8, 4) is 5.75 Å². The Morgan fingerprint density at radius 3 is 2.40 bits per heavy atom. The Morgan fingerprint density at radius 1 is 1.00 bits per heavy atom. The molecule has 6 heteroatoms. The molecule has 0 spiro atoms. The molecular weight excluding hydrogens is 340 g/mol. The van der Waals surface area contributed by atoms with Gasteiger partial charge in [0.2, 0.25) is 0 Å². The molecule has 0 unspecified atom stereocenters. The van der Waals surface area contributed by atoms with Crippen LogP contribution in [0.5, 0.6) is 5.75 Å². The van der Waals surface area contributed by atoms with Crippen molar-refractivity contribution in [3.05, 3.63) is 78.4 Å². The molecule has 3 aromatic carbocycles. The molecule has 0 aliphatic carbocycles. The maximum absolute atomic E-state index is 12.3. The van der Waals surface area contributed by atoms with Crippen LogP contribution in [0.25, 0.3) is 16.8 Å². The summed E-state index contributed by atoms with van der Waals surface area (Å²) in [6.45, 7) is 3.71. The largest absolute Gasteiger partial charge is 0.744 e. The summed E-state index contributed by atoms with van der Waals surface area (Å²) in [6.07, 6.45) is 1.73. The first-order valence-corrected chi connectivity index (χ1v) is 8.73. The van der Waals surface area contributed by atoms with Gasteiger partial charge in [-0.15, -0.1) is 0 Å². The van der Waals surface area contributed by atoms with Crippen LogP contribution in [0.4, 0.5) is 0 Å². The quantitative estimate of drug-likeness (QED) is 0.406. The van der Waals surface area contributed by atoms with Gasteiger partial charge in [-0.25, -0.2) is 13.2 Å². The van der Waals surface area contributed by atoms with Gasteiger partial charge in [0.1, 0.15) is 15.9 Å². The van der Waals surface area contributed by atoms with Crippen LogP contribution in [0.15, 0.2) is 72.1 Å². The van der Waals surface area contributed by atoms with Crippen LogP contribution in [-0.2, 0) is 10.1 Å². The lowest BCUT2D eigenvalue weighted by Crippen LogP contribution is -2.14. The Hall–Kier alpha value is -2.96. The molecule has 5 nitrogen and oxygen atoms in total. The van der Waals surface area contributed by atoms with Gasteiger partial charge < -0.3 is 9.29 Å². The van der Waals surface area contributed by atoms with Crippen LogP contribution < -0.4 is 4.74 Å². The molecule has 0 heterocycles. The third kappa shape index (κ3) is 3.60. The molecule has 0 aromatic heterocycles. The first-order chi connectivity index (χ1) is 11.9. The minimum absolute atomic E-state index is 0.252. The molecule has 126 valence electrons. The highest BCUT2D eigenvalue weighted by Gasteiger charge is 2.17. The SMILES string of the molecule is C=Cc1ccc2cc(OC(=O)c3ccccc3S(=O)(=O)[O-])ccc2c1. The zero-order valence-electron chi connectivity index (χ0n) is 13.0. The van der Waals surface area contributed by atoms with Crippen molar-refractivity contribution in [3.63, 3.8) is 0 Å². The molecule has 0 aliphatic heterocycles. The molecule has 0 saturated carbocycles. The van der Waals surface area contributed by atoms with Crippen molar-refractivity contribution in [1.82, 2.24) is 0 Å². The van der Waals surface area contributed by atoms with Gasteiger partial charge in [-0.2, -0.15) is 0 Å². The number of esters is 1. The standard InChI is InChI=1S/C19H14O5S/c1-2-13-7-8-15-12-16(10-9-14(15)11-13)24-19(20)17-5-3-4-6-18(17)25(21,22)23/h2-12H,1H2,(H,21,22,23)/p-1. The van der Waals surface area contributed by atoms with Gasteiger partial charge in [0, 0.05) is 0 Å². The number of hydrogen-bond acceptors (Lipinski definition) is 5. The number of fused-ring (bicyclic) bond motifs is 1. The molecule has 0 saturated heterocycles. The lowest BCUT2D eigenvalue weighted by atomic mass is 10.1. The fourth-order valence-corrected chi connectivity index (χ4v) is 3.11. The molecule has 0 fully saturated rings. The van der Waals surface area contributed by atoms with Gasteiger partial charge in [-0.1, -0.05) is 43.0 Å². The third-order valence-corrected chi connectivity index (χ3v) is 4.55. The van der Waals surface area contributed by atoms with E-state index in [4.69, 9.17) is 4.74 Å². The molecule has 0 amide bonds. The number of carbonyl (C=O) groups is 1. The van der Waals surface area contributed by atoms with Gasteiger partial charge in [0.05, 0.1) is 10.5 Å². The summed E-state index contributed by atoms with van der Waals surface area (Å²) in [5.74, 6) is -0.654. The Balaban J connectivity index is 1.94. The van der Waals surface area contributed by atoms with E-state index in [0.717, 1.165) is 22.4 Å². The highest BCUT2D eigenvalue weighted by atomic mass is 32.2. The van der Waals surface area contributed by atoms with Gasteiger partial charge in [0.15, 0.2) is 0 Å². The van der Waals surface area contributed by atoms with Crippen molar-refractivity contribution in [2.45, 2.75) is 4.90 Å². The van der Waals surface area contributed by atoms with E-state index in [0.29, 0.717) is 0 Å². The Morgan fingerprint density at radius 2 is 1.68 bits per heavy atom. The van der Waals surface area contributed by atoms with E-state index >= 15 is 0 Å². The molecule has 0 radical (unpaired) electrons. The summed E-state index contributed by atoms with van der Waals surface area (Å²) >= 11 is 0. The average Bonchev–Trinajstić information content (AvgIpc) is 2.60. The van der Waals surface area contributed by atoms with Crippen LogP contribution in [0.2, 0.25) is 0 Å². The number of benzene rings is 3. The molecule has 0 N–H and O–H groups in total. The minimum atomic E-state index is -4.77. The molecule has 3 rings (SSSR count). The second-order valence-electron chi connectivity index (χ2n) is 5.31. The van der Waals surface area contributed by atoms with E-state index in [2.05, 4.69) is 6.58 Å². The summed E-state index contributed by atoms with van der Waals surface area (Å²) in [4.78, 5) is 11.7. The minimum Gasteiger partial charge on any atom is -0.744 e. The Bertz CT molecular complexity index is 1080. The van der Waals surface area contributed by atoms with Crippen LogP contribution in [-0.4, -0.2) is 18.9 Å². The van der Waals surface area contributed by atoms with Gasteiger partial charge in [0.25, 0.3) is 0 Å². The van der Waals surface area contributed by atoms with Crippen LogP contribution in [0.3, 0.4) is 0 Å². The van der Waals surface area contributed by atoms with Crippen molar-refractivity contribution in [1.29, 1.82) is 0 Å². The fourth-order valence-electron chi connectivity index (χ4n) is 2.45. The molecule has 0 bridgehead atoms. The van der Waals surface area contributed by atoms with E-state index in [1.165, 1.54) is 18.2 Å².